The van der Waals surface area contributed by atoms with Crippen LogP contribution in [0.25, 0.3) is 11.4 Å². The predicted molar refractivity (Wildman–Crippen MR) is 80.5 cm³/mol. The normalized spacial score (nSPS) is 14.8. The molecule has 1 aliphatic heterocycles. The maximum atomic E-state index is 12.2. The highest BCUT2D eigenvalue weighted by Crippen LogP contribution is 2.29. The molecule has 0 aliphatic carbocycles. The third-order valence-corrected chi connectivity index (χ3v) is 4.49. The molecule has 0 atom stereocenters. The molecule has 1 aliphatic rings. The molecule has 3 aromatic rings. The van der Waals surface area contributed by atoms with Crippen LogP contribution in [0.5, 0.6) is 0 Å². The molecular formula is C15H12N4O2S. The maximum absolute atomic E-state index is 12.2. The van der Waals surface area contributed by atoms with E-state index in [0.717, 1.165) is 10.4 Å². The molecule has 0 aromatic carbocycles. The molecule has 1 saturated heterocycles. The second kappa shape index (κ2) is 5.34. The van der Waals surface area contributed by atoms with E-state index in [9.17, 15) is 4.79 Å². The molecule has 1 amide bonds. The number of thiophene rings is 1. The summed E-state index contributed by atoms with van der Waals surface area (Å²) in [6.07, 6.45) is 3.38. The van der Waals surface area contributed by atoms with Crippen molar-refractivity contribution < 1.29 is 9.32 Å². The van der Waals surface area contributed by atoms with E-state index in [-0.39, 0.29) is 11.8 Å². The number of carbonyl (C=O) groups excluding carboxylic acids is 1. The van der Waals surface area contributed by atoms with Crippen LogP contribution in [-0.4, -0.2) is 39.0 Å². The molecule has 4 heterocycles. The van der Waals surface area contributed by atoms with Gasteiger partial charge in [-0.05, 0) is 23.6 Å². The molecule has 0 saturated carbocycles. The number of amides is 1. The number of hydrogen-bond acceptors (Lipinski definition) is 6. The van der Waals surface area contributed by atoms with Gasteiger partial charge in [0.25, 0.3) is 5.91 Å². The lowest BCUT2D eigenvalue weighted by Gasteiger charge is -2.36. The number of nitrogens with zero attached hydrogens (tertiary/aromatic N) is 4. The zero-order valence-corrected chi connectivity index (χ0v) is 12.4. The second-order valence-electron chi connectivity index (χ2n) is 5.08. The Morgan fingerprint density at radius 3 is 2.82 bits per heavy atom. The van der Waals surface area contributed by atoms with Crippen molar-refractivity contribution in [3.05, 3.63) is 52.8 Å². The Balaban J connectivity index is 1.43. The van der Waals surface area contributed by atoms with Crippen LogP contribution in [0.1, 0.15) is 21.5 Å². The van der Waals surface area contributed by atoms with Crippen LogP contribution in [0.2, 0.25) is 0 Å². The van der Waals surface area contributed by atoms with E-state index >= 15 is 0 Å². The van der Waals surface area contributed by atoms with Crippen LogP contribution in [-0.2, 0) is 0 Å². The fourth-order valence-corrected chi connectivity index (χ4v) is 3.07. The molecule has 22 heavy (non-hydrogen) atoms. The van der Waals surface area contributed by atoms with Gasteiger partial charge < -0.3 is 9.42 Å². The minimum absolute atomic E-state index is 0.0696. The van der Waals surface area contributed by atoms with Crippen LogP contribution in [0.4, 0.5) is 0 Å². The van der Waals surface area contributed by atoms with Crippen molar-refractivity contribution in [3.8, 4) is 11.4 Å². The Labute approximate surface area is 130 Å². The monoisotopic (exact) mass is 312 g/mol. The van der Waals surface area contributed by atoms with Gasteiger partial charge in [0.2, 0.25) is 11.7 Å². The summed E-state index contributed by atoms with van der Waals surface area (Å²) in [7, 11) is 0. The van der Waals surface area contributed by atoms with E-state index < -0.39 is 0 Å². The van der Waals surface area contributed by atoms with Crippen molar-refractivity contribution in [2.45, 2.75) is 5.92 Å². The second-order valence-corrected chi connectivity index (χ2v) is 6.02. The van der Waals surface area contributed by atoms with Gasteiger partial charge in [0.1, 0.15) is 0 Å². The summed E-state index contributed by atoms with van der Waals surface area (Å²) < 4.78 is 5.32. The van der Waals surface area contributed by atoms with Crippen LogP contribution in [0.15, 0.2) is 46.6 Å². The number of carbonyl (C=O) groups is 1. The van der Waals surface area contributed by atoms with Crippen LogP contribution >= 0.6 is 11.3 Å². The Kier molecular flexibility index (Phi) is 3.19. The number of likely N-dealkylation sites (tertiary alicyclic amines) is 1. The summed E-state index contributed by atoms with van der Waals surface area (Å²) in [4.78, 5) is 23.1. The minimum atomic E-state index is 0.0696. The lowest BCUT2D eigenvalue weighted by molar-refractivity contribution is 0.0574. The first kappa shape index (κ1) is 13.1. The van der Waals surface area contributed by atoms with Crippen molar-refractivity contribution in [1.29, 1.82) is 0 Å². The van der Waals surface area contributed by atoms with Crippen LogP contribution < -0.4 is 0 Å². The fourth-order valence-electron chi connectivity index (χ4n) is 2.38. The van der Waals surface area contributed by atoms with Gasteiger partial charge in [-0.3, -0.25) is 9.78 Å². The van der Waals surface area contributed by atoms with Gasteiger partial charge in [-0.2, -0.15) is 4.98 Å². The molecule has 7 heteroatoms. The highest BCUT2D eigenvalue weighted by atomic mass is 32.1. The summed E-state index contributed by atoms with van der Waals surface area (Å²) in [5, 5.41) is 5.90. The number of rotatable bonds is 3. The van der Waals surface area contributed by atoms with E-state index in [0.29, 0.717) is 24.8 Å². The van der Waals surface area contributed by atoms with Gasteiger partial charge in [0, 0.05) is 31.0 Å². The molecule has 1 fully saturated rings. The summed E-state index contributed by atoms with van der Waals surface area (Å²) >= 11 is 1.46. The Hall–Kier alpha value is -2.54. The van der Waals surface area contributed by atoms with Crippen LogP contribution in [0, 0.1) is 0 Å². The van der Waals surface area contributed by atoms with Gasteiger partial charge in [0.05, 0.1) is 10.8 Å². The summed E-state index contributed by atoms with van der Waals surface area (Å²) in [5.41, 5.74) is 0.871. The lowest BCUT2D eigenvalue weighted by Crippen LogP contribution is -2.48. The zero-order chi connectivity index (χ0) is 14.9. The van der Waals surface area contributed by atoms with Crippen molar-refractivity contribution in [2.24, 2.45) is 0 Å². The average molecular weight is 312 g/mol. The first-order valence-corrected chi connectivity index (χ1v) is 7.76. The Morgan fingerprint density at radius 1 is 1.27 bits per heavy atom. The molecule has 6 nitrogen and oxygen atoms in total. The first-order chi connectivity index (χ1) is 10.8. The Morgan fingerprint density at radius 2 is 2.09 bits per heavy atom. The molecule has 0 bridgehead atoms. The highest BCUT2D eigenvalue weighted by Gasteiger charge is 2.36. The van der Waals surface area contributed by atoms with E-state index in [1.807, 2.05) is 29.6 Å². The molecule has 0 radical (unpaired) electrons. The molecule has 0 unspecified atom stereocenters. The molecular weight excluding hydrogens is 300 g/mol. The van der Waals surface area contributed by atoms with Gasteiger partial charge >= 0.3 is 0 Å². The SMILES string of the molecule is O=C(c1cccs1)N1CC(c2nc(-c3ccncc3)no2)C1. The summed E-state index contributed by atoms with van der Waals surface area (Å²) in [5.74, 6) is 1.33. The van der Waals surface area contributed by atoms with Crippen molar-refractivity contribution in [2.75, 3.05) is 13.1 Å². The van der Waals surface area contributed by atoms with Gasteiger partial charge in [0.15, 0.2) is 0 Å². The summed E-state index contributed by atoms with van der Waals surface area (Å²) in [6, 6.07) is 7.40. The zero-order valence-electron chi connectivity index (χ0n) is 11.5. The van der Waals surface area contributed by atoms with Crippen molar-refractivity contribution in [1.82, 2.24) is 20.0 Å². The quantitative estimate of drug-likeness (QED) is 0.742. The number of hydrogen-bond donors (Lipinski definition) is 0. The third kappa shape index (κ3) is 2.29. The van der Waals surface area contributed by atoms with E-state index in [2.05, 4.69) is 15.1 Å². The topological polar surface area (TPSA) is 72.1 Å². The number of aromatic nitrogens is 3. The molecule has 3 aromatic heterocycles. The smallest absolute Gasteiger partial charge is 0.263 e. The molecule has 0 N–H and O–H groups in total. The predicted octanol–water partition coefficient (Wildman–Crippen LogP) is 2.43. The standard InChI is InChI=1S/C15H12N4O2S/c20-15(12-2-1-7-22-12)19-8-11(9-19)14-17-13(18-21-14)10-3-5-16-6-4-10/h1-7,11H,8-9H2. The van der Waals surface area contributed by atoms with Crippen molar-refractivity contribution >= 4 is 17.2 Å². The van der Waals surface area contributed by atoms with E-state index in [4.69, 9.17) is 4.52 Å². The maximum Gasteiger partial charge on any atom is 0.263 e. The average Bonchev–Trinajstić information content (AvgIpc) is 3.18. The highest BCUT2D eigenvalue weighted by molar-refractivity contribution is 7.12. The fraction of sp³-hybridized carbons (Fsp3) is 0.200. The third-order valence-electron chi connectivity index (χ3n) is 3.63. The van der Waals surface area contributed by atoms with Gasteiger partial charge in [-0.1, -0.05) is 11.2 Å². The number of pyridine rings is 1. The van der Waals surface area contributed by atoms with Crippen molar-refractivity contribution in [3.63, 3.8) is 0 Å². The molecule has 4 rings (SSSR count). The lowest BCUT2D eigenvalue weighted by atomic mass is 10.00. The van der Waals surface area contributed by atoms with E-state index in [1.165, 1.54) is 11.3 Å². The first-order valence-electron chi connectivity index (χ1n) is 6.88. The molecule has 110 valence electrons. The Bertz CT molecular complexity index is 779. The van der Waals surface area contributed by atoms with Gasteiger partial charge in [-0.15, -0.1) is 11.3 Å². The molecule has 0 spiro atoms. The minimum Gasteiger partial charge on any atom is -0.339 e. The summed E-state index contributed by atoms with van der Waals surface area (Å²) in [6.45, 7) is 1.24. The largest absolute Gasteiger partial charge is 0.339 e. The van der Waals surface area contributed by atoms with Crippen LogP contribution in [0.3, 0.4) is 0 Å². The van der Waals surface area contributed by atoms with Gasteiger partial charge in [-0.25, -0.2) is 0 Å². The van der Waals surface area contributed by atoms with E-state index in [1.54, 1.807) is 17.3 Å².